The van der Waals surface area contributed by atoms with Crippen molar-refractivity contribution >= 4 is 5.91 Å². The molecule has 1 spiro atoms. The van der Waals surface area contributed by atoms with Gasteiger partial charge in [0, 0.05) is 18.1 Å². The third-order valence-corrected chi connectivity index (χ3v) is 3.85. The van der Waals surface area contributed by atoms with Crippen LogP contribution in [0.3, 0.4) is 0 Å². The highest BCUT2D eigenvalue weighted by Crippen LogP contribution is 2.61. The van der Waals surface area contributed by atoms with Gasteiger partial charge < -0.3 is 10.1 Å². The van der Waals surface area contributed by atoms with Gasteiger partial charge in [0.25, 0.3) is 0 Å². The summed E-state index contributed by atoms with van der Waals surface area (Å²) in [7, 11) is 0. The van der Waals surface area contributed by atoms with Crippen LogP contribution in [0, 0.1) is 10.8 Å². The van der Waals surface area contributed by atoms with Crippen molar-refractivity contribution in [3.63, 3.8) is 0 Å². The molecule has 1 amide bonds. The summed E-state index contributed by atoms with van der Waals surface area (Å²) in [5, 5.41) is 3.15. The SMILES string of the molecule is CCOC1CC2(C1)CC2NC(=O)C(C)(C)C. The van der Waals surface area contributed by atoms with Gasteiger partial charge >= 0.3 is 0 Å². The van der Waals surface area contributed by atoms with E-state index >= 15 is 0 Å². The van der Waals surface area contributed by atoms with Crippen LogP contribution in [0.1, 0.15) is 47.0 Å². The Balaban J connectivity index is 1.75. The van der Waals surface area contributed by atoms with Crippen LogP contribution in [0.15, 0.2) is 0 Å². The lowest BCUT2D eigenvalue weighted by molar-refractivity contribution is -0.129. The van der Waals surface area contributed by atoms with E-state index in [0.29, 0.717) is 17.6 Å². The number of hydrogen-bond acceptors (Lipinski definition) is 2. The molecule has 1 atom stereocenters. The molecule has 0 saturated heterocycles. The van der Waals surface area contributed by atoms with Gasteiger partial charge in [-0.3, -0.25) is 4.79 Å². The standard InChI is InChI=1S/C13H23NO2/c1-5-16-9-6-13(7-9)8-10(13)14-11(15)12(2,3)4/h9-10H,5-8H2,1-4H3,(H,14,15). The molecule has 0 heterocycles. The maximum Gasteiger partial charge on any atom is 0.225 e. The lowest BCUT2D eigenvalue weighted by Crippen LogP contribution is -2.43. The fourth-order valence-corrected chi connectivity index (χ4v) is 2.58. The van der Waals surface area contributed by atoms with Crippen LogP contribution in [0.2, 0.25) is 0 Å². The van der Waals surface area contributed by atoms with E-state index in [1.807, 2.05) is 27.7 Å². The molecule has 16 heavy (non-hydrogen) atoms. The van der Waals surface area contributed by atoms with Crippen molar-refractivity contribution in [1.82, 2.24) is 5.32 Å². The molecule has 0 aromatic heterocycles. The summed E-state index contributed by atoms with van der Waals surface area (Å²) in [4.78, 5) is 11.8. The maximum atomic E-state index is 11.8. The zero-order valence-corrected chi connectivity index (χ0v) is 10.8. The van der Waals surface area contributed by atoms with Gasteiger partial charge in [-0.15, -0.1) is 0 Å². The second-order valence-corrected chi connectivity index (χ2v) is 6.33. The Morgan fingerprint density at radius 3 is 2.50 bits per heavy atom. The zero-order valence-electron chi connectivity index (χ0n) is 10.8. The van der Waals surface area contributed by atoms with Gasteiger partial charge in [0.05, 0.1) is 6.10 Å². The van der Waals surface area contributed by atoms with Crippen molar-refractivity contribution in [3.05, 3.63) is 0 Å². The van der Waals surface area contributed by atoms with Gasteiger partial charge in [-0.25, -0.2) is 0 Å². The molecule has 0 bridgehead atoms. The van der Waals surface area contributed by atoms with E-state index in [9.17, 15) is 4.79 Å². The number of rotatable bonds is 3. The maximum absolute atomic E-state index is 11.8. The Morgan fingerprint density at radius 2 is 2.00 bits per heavy atom. The molecule has 1 N–H and O–H groups in total. The van der Waals surface area contributed by atoms with E-state index in [0.717, 1.165) is 25.9 Å². The van der Waals surface area contributed by atoms with Crippen molar-refractivity contribution in [2.75, 3.05) is 6.61 Å². The lowest BCUT2D eigenvalue weighted by atomic mass is 9.78. The minimum absolute atomic E-state index is 0.175. The molecule has 0 radical (unpaired) electrons. The largest absolute Gasteiger partial charge is 0.378 e. The smallest absolute Gasteiger partial charge is 0.225 e. The first-order valence-electron chi connectivity index (χ1n) is 6.30. The normalized spacial score (nSPS) is 37.0. The van der Waals surface area contributed by atoms with Gasteiger partial charge in [-0.2, -0.15) is 0 Å². The molecule has 0 aromatic carbocycles. The number of amides is 1. The summed E-state index contributed by atoms with van der Waals surface area (Å²) < 4.78 is 5.56. The van der Waals surface area contributed by atoms with Gasteiger partial charge in [0.15, 0.2) is 0 Å². The molecule has 0 aromatic rings. The number of ether oxygens (including phenoxy) is 1. The highest BCUT2D eigenvalue weighted by atomic mass is 16.5. The second-order valence-electron chi connectivity index (χ2n) is 6.33. The third-order valence-electron chi connectivity index (χ3n) is 3.85. The predicted molar refractivity (Wildman–Crippen MR) is 63.1 cm³/mol. The molecule has 3 heteroatoms. The molecule has 2 aliphatic rings. The Hall–Kier alpha value is -0.570. The van der Waals surface area contributed by atoms with Crippen molar-refractivity contribution in [2.24, 2.45) is 10.8 Å². The minimum Gasteiger partial charge on any atom is -0.378 e. The highest BCUT2D eigenvalue weighted by molar-refractivity contribution is 5.82. The molecule has 2 saturated carbocycles. The summed E-state index contributed by atoms with van der Waals surface area (Å²) in [5.74, 6) is 0.175. The first kappa shape index (κ1) is 11.9. The Morgan fingerprint density at radius 1 is 1.38 bits per heavy atom. The molecule has 2 fully saturated rings. The topological polar surface area (TPSA) is 38.3 Å². The molecular weight excluding hydrogens is 202 g/mol. The van der Waals surface area contributed by atoms with Crippen molar-refractivity contribution in [3.8, 4) is 0 Å². The van der Waals surface area contributed by atoms with Crippen LogP contribution < -0.4 is 5.32 Å². The Labute approximate surface area is 97.9 Å². The van der Waals surface area contributed by atoms with Crippen LogP contribution in [0.5, 0.6) is 0 Å². The first-order chi connectivity index (χ1) is 7.37. The number of hydrogen-bond donors (Lipinski definition) is 1. The molecular formula is C13H23NO2. The summed E-state index contributed by atoms with van der Waals surface area (Å²) in [6.07, 6.45) is 3.87. The van der Waals surface area contributed by atoms with E-state index in [-0.39, 0.29) is 11.3 Å². The van der Waals surface area contributed by atoms with Gasteiger partial charge in [-0.05, 0) is 31.6 Å². The quantitative estimate of drug-likeness (QED) is 0.799. The molecule has 2 aliphatic carbocycles. The zero-order chi connectivity index (χ0) is 12.0. The number of carbonyl (C=O) groups is 1. The summed E-state index contributed by atoms with van der Waals surface area (Å²) in [5.41, 5.74) is 0.133. The average molecular weight is 225 g/mol. The van der Waals surface area contributed by atoms with E-state index in [4.69, 9.17) is 4.74 Å². The second kappa shape index (κ2) is 3.73. The van der Waals surface area contributed by atoms with Gasteiger partial charge in [-0.1, -0.05) is 20.8 Å². The van der Waals surface area contributed by atoms with E-state index < -0.39 is 0 Å². The number of nitrogens with one attached hydrogen (secondary N) is 1. The minimum atomic E-state index is -0.271. The van der Waals surface area contributed by atoms with Crippen molar-refractivity contribution in [1.29, 1.82) is 0 Å². The fourth-order valence-electron chi connectivity index (χ4n) is 2.58. The predicted octanol–water partition coefficient (Wildman–Crippen LogP) is 2.11. The molecule has 92 valence electrons. The first-order valence-corrected chi connectivity index (χ1v) is 6.30. The monoisotopic (exact) mass is 225 g/mol. The van der Waals surface area contributed by atoms with Gasteiger partial charge in [0.2, 0.25) is 5.91 Å². The Bertz CT molecular complexity index is 287. The van der Waals surface area contributed by atoms with E-state index in [1.165, 1.54) is 0 Å². The van der Waals surface area contributed by atoms with Crippen LogP contribution >= 0.6 is 0 Å². The van der Waals surface area contributed by atoms with Crippen LogP contribution in [0.4, 0.5) is 0 Å². The fraction of sp³-hybridized carbons (Fsp3) is 0.923. The van der Waals surface area contributed by atoms with E-state index in [2.05, 4.69) is 5.32 Å². The highest BCUT2D eigenvalue weighted by Gasteiger charge is 2.62. The van der Waals surface area contributed by atoms with Crippen molar-refractivity contribution in [2.45, 2.75) is 59.1 Å². The van der Waals surface area contributed by atoms with Crippen LogP contribution in [-0.4, -0.2) is 24.7 Å². The summed E-state index contributed by atoms with van der Waals surface area (Å²) >= 11 is 0. The molecule has 2 rings (SSSR count). The molecule has 1 unspecified atom stereocenters. The van der Waals surface area contributed by atoms with E-state index in [1.54, 1.807) is 0 Å². The van der Waals surface area contributed by atoms with Crippen LogP contribution in [0.25, 0.3) is 0 Å². The van der Waals surface area contributed by atoms with Gasteiger partial charge in [0.1, 0.15) is 0 Å². The van der Waals surface area contributed by atoms with Crippen LogP contribution in [-0.2, 0) is 9.53 Å². The third kappa shape index (κ3) is 2.10. The Kier molecular flexibility index (Phi) is 2.77. The average Bonchev–Trinajstić information content (AvgIpc) is 2.77. The summed E-state index contributed by atoms with van der Waals surface area (Å²) in [6.45, 7) is 8.72. The molecule has 0 aliphatic heterocycles. The molecule has 3 nitrogen and oxygen atoms in total. The number of carbonyl (C=O) groups excluding carboxylic acids is 1. The summed E-state index contributed by atoms with van der Waals surface area (Å²) in [6, 6.07) is 0.413. The van der Waals surface area contributed by atoms with Crippen molar-refractivity contribution < 1.29 is 9.53 Å². The lowest BCUT2D eigenvalue weighted by Gasteiger charge is -2.36.